The third-order valence-electron chi connectivity index (χ3n) is 3.45. The molecule has 0 aliphatic carbocycles. The highest BCUT2D eigenvalue weighted by Crippen LogP contribution is 2.32. The first-order chi connectivity index (χ1) is 8.74. The van der Waals surface area contributed by atoms with Crippen LogP contribution in [0.4, 0.5) is 0 Å². The Hall–Kier alpha value is -0.620. The first-order valence-corrected chi connectivity index (χ1v) is 6.70. The summed E-state index contributed by atoms with van der Waals surface area (Å²) in [6.07, 6.45) is 2.98. The molecule has 0 radical (unpaired) electrons. The molecule has 0 saturated carbocycles. The van der Waals surface area contributed by atoms with Gasteiger partial charge in [0.2, 0.25) is 0 Å². The minimum absolute atomic E-state index is 0.252. The van der Waals surface area contributed by atoms with E-state index in [2.05, 4.69) is 10.4 Å². The summed E-state index contributed by atoms with van der Waals surface area (Å²) < 4.78 is 6.79. The Labute approximate surface area is 112 Å². The predicted octanol–water partition coefficient (Wildman–Crippen LogP) is 1.22. The third-order valence-corrected chi connectivity index (χ3v) is 3.74. The third kappa shape index (κ3) is 3.03. The maximum absolute atomic E-state index is 10.5. The summed E-state index contributed by atoms with van der Waals surface area (Å²) in [5.74, 6) is 0.252. The number of halogens is 1. The summed E-state index contributed by atoms with van der Waals surface area (Å²) >= 11 is 6.14. The fourth-order valence-corrected chi connectivity index (χ4v) is 2.66. The zero-order valence-corrected chi connectivity index (χ0v) is 11.4. The summed E-state index contributed by atoms with van der Waals surface area (Å²) in [6.45, 7) is 3.07. The van der Waals surface area contributed by atoms with Crippen LogP contribution in [0.5, 0.6) is 0 Å². The maximum Gasteiger partial charge on any atom is 0.100 e. The fraction of sp³-hybridized carbons (Fsp3) is 0.750. The molecule has 18 heavy (non-hydrogen) atoms. The Morgan fingerprint density at radius 1 is 1.61 bits per heavy atom. The number of rotatable bonds is 5. The molecule has 0 amide bonds. The summed E-state index contributed by atoms with van der Waals surface area (Å²) in [7, 11) is 1.65. The summed E-state index contributed by atoms with van der Waals surface area (Å²) in [4.78, 5) is 0. The molecular weight excluding hydrogens is 254 g/mol. The molecule has 1 aliphatic heterocycles. The number of ether oxygens (including phenoxy) is 1. The Bertz CT molecular complexity index is 377. The molecule has 2 N–H and O–H groups in total. The van der Waals surface area contributed by atoms with Crippen molar-refractivity contribution in [1.82, 2.24) is 15.1 Å². The van der Waals surface area contributed by atoms with E-state index in [0.29, 0.717) is 18.2 Å². The molecule has 1 aromatic rings. The molecule has 0 spiro atoms. The normalized spacial score (nSPS) is 19.1. The molecule has 5 nitrogen and oxygen atoms in total. The smallest absolute Gasteiger partial charge is 0.100 e. The van der Waals surface area contributed by atoms with Crippen LogP contribution in [0.1, 0.15) is 24.6 Å². The monoisotopic (exact) mass is 273 g/mol. The zero-order valence-electron chi connectivity index (χ0n) is 10.6. The van der Waals surface area contributed by atoms with Gasteiger partial charge < -0.3 is 15.2 Å². The van der Waals surface area contributed by atoms with Gasteiger partial charge in [-0.1, -0.05) is 11.6 Å². The van der Waals surface area contributed by atoms with Gasteiger partial charge in [0.1, 0.15) is 6.10 Å². The van der Waals surface area contributed by atoms with Gasteiger partial charge in [0, 0.05) is 7.11 Å². The number of methoxy groups -OCH3 is 1. The number of nitrogens with zero attached hydrogens (tertiary/aromatic N) is 2. The minimum Gasteiger partial charge on any atom is -0.386 e. The van der Waals surface area contributed by atoms with Gasteiger partial charge in [-0.25, -0.2) is 0 Å². The van der Waals surface area contributed by atoms with Crippen molar-refractivity contribution in [3.8, 4) is 0 Å². The lowest BCUT2D eigenvalue weighted by Gasteiger charge is -2.27. The molecule has 1 saturated heterocycles. The van der Waals surface area contributed by atoms with E-state index in [9.17, 15) is 5.11 Å². The van der Waals surface area contributed by atoms with Crippen molar-refractivity contribution in [3.63, 3.8) is 0 Å². The van der Waals surface area contributed by atoms with Crippen molar-refractivity contribution in [1.29, 1.82) is 0 Å². The summed E-state index contributed by atoms with van der Waals surface area (Å²) in [5, 5.41) is 18.5. The Morgan fingerprint density at radius 3 is 3.00 bits per heavy atom. The fourth-order valence-electron chi connectivity index (χ4n) is 2.41. The Kier molecular flexibility index (Phi) is 5.00. The molecule has 102 valence electrons. The molecule has 1 aliphatic rings. The highest BCUT2D eigenvalue weighted by Gasteiger charge is 2.27. The van der Waals surface area contributed by atoms with Crippen LogP contribution >= 0.6 is 11.6 Å². The van der Waals surface area contributed by atoms with Crippen molar-refractivity contribution in [2.24, 2.45) is 5.92 Å². The summed E-state index contributed by atoms with van der Waals surface area (Å²) in [5.41, 5.74) is 0.723. The van der Waals surface area contributed by atoms with Gasteiger partial charge >= 0.3 is 0 Å². The predicted molar refractivity (Wildman–Crippen MR) is 69.7 cm³/mol. The second-order valence-corrected chi connectivity index (χ2v) is 5.03. The SMILES string of the molecule is COCCn1ncc(Cl)c1C(O)C1CCNCC1. The average Bonchev–Trinajstić information content (AvgIpc) is 2.77. The first-order valence-electron chi connectivity index (χ1n) is 6.33. The second kappa shape index (κ2) is 6.52. The first kappa shape index (κ1) is 13.8. The van der Waals surface area contributed by atoms with Gasteiger partial charge in [0.05, 0.1) is 30.1 Å². The molecule has 2 rings (SSSR count). The van der Waals surface area contributed by atoms with Crippen LogP contribution in [0, 0.1) is 5.92 Å². The van der Waals surface area contributed by atoms with Crippen molar-refractivity contribution < 1.29 is 9.84 Å². The van der Waals surface area contributed by atoms with Gasteiger partial charge in [-0.15, -0.1) is 0 Å². The van der Waals surface area contributed by atoms with E-state index in [-0.39, 0.29) is 5.92 Å². The van der Waals surface area contributed by atoms with Crippen LogP contribution in [0.3, 0.4) is 0 Å². The highest BCUT2D eigenvalue weighted by atomic mass is 35.5. The van der Waals surface area contributed by atoms with Crippen LogP contribution < -0.4 is 5.32 Å². The van der Waals surface area contributed by atoms with Crippen molar-refractivity contribution in [2.45, 2.75) is 25.5 Å². The zero-order chi connectivity index (χ0) is 13.0. The minimum atomic E-state index is -0.543. The van der Waals surface area contributed by atoms with E-state index in [1.807, 2.05) is 0 Å². The standard InChI is InChI=1S/C12H20ClN3O2/c1-18-7-6-16-11(10(13)8-15-16)12(17)9-2-4-14-5-3-9/h8-9,12,14,17H,2-7H2,1H3. The molecule has 6 heteroatoms. The van der Waals surface area contributed by atoms with Gasteiger partial charge in [0.15, 0.2) is 0 Å². The number of hydrogen-bond acceptors (Lipinski definition) is 4. The second-order valence-electron chi connectivity index (χ2n) is 4.63. The molecule has 1 aromatic heterocycles. The number of aliphatic hydroxyl groups is 1. The van der Waals surface area contributed by atoms with Crippen LogP contribution in [-0.2, 0) is 11.3 Å². The number of aromatic nitrogens is 2. The van der Waals surface area contributed by atoms with Crippen LogP contribution in [0.2, 0.25) is 5.02 Å². The molecule has 2 heterocycles. The van der Waals surface area contributed by atoms with E-state index in [0.717, 1.165) is 31.6 Å². The van der Waals surface area contributed by atoms with E-state index in [4.69, 9.17) is 16.3 Å². The molecule has 0 bridgehead atoms. The van der Waals surface area contributed by atoms with E-state index >= 15 is 0 Å². The topological polar surface area (TPSA) is 59.3 Å². The quantitative estimate of drug-likeness (QED) is 0.847. The van der Waals surface area contributed by atoms with E-state index in [1.54, 1.807) is 18.0 Å². The Balaban J connectivity index is 2.12. The molecule has 1 fully saturated rings. The molecule has 0 aromatic carbocycles. The van der Waals surface area contributed by atoms with Crippen molar-refractivity contribution in [3.05, 3.63) is 16.9 Å². The van der Waals surface area contributed by atoms with Gasteiger partial charge in [-0.2, -0.15) is 5.10 Å². The lowest BCUT2D eigenvalue weighted by molar-refractivity contribution is 0.0785. The molecular formula is C12H20ClN3O2. The lowest BCUT2D eigenvalue weighted by atomic mass is 9.90. The largest absolute Gasteiger partial charge is 0.386 e. The maximum atomic E-state index is 10.5. The van der Waals surface area contributed by atoms with Gasteiger partial charge in [-0.3, -0.25) is 4.68 Å². The van der Waals surface area contributed by atoms with Crippen LogP contribution in [-0.4, -0.2) is 41.7 Å². The summed E-state index contributed by atoms with van der Waals surface area (Å²) in [6, 6.07) is 0. The van der Waals surface area contributed by atoms with Gasteiger partial charge in [-0.05, 0) is 31.8 Å². The number of piperidine rings is 1. The van der Waals surface area contributed by atoms with E-state index in [1.165, 1.54) is 0 Å². The average molecular weight is 274 g/mol. The van der Waals surface area contributed by atoms with Crippen molar-refractivity contribution in [2.75, 3.05) is 26.8 Å². The number of aliphatic hydroxyl groups excluding tert-OH is 1. The van der Waals surface area contributed by atoms with Crippen LogP contribution in [0.15, 0.2) is 6.20 Å². The van der Waals surface area contributed by atoms with Crippen molar-refractivity contribution >= 4 is 11.6 Å². The molecule has 1 unspecified atom stereocenters. The van der Waals surface area contributed by atoms with E-state index < -0.39 is 6.10 Å². The molecule has 1 atom stereocenters. The highest BCUT2D eigenvalue weighted by molar-refractivity contribution is 6.31. The number of nitrogens with one attached hydrogen (secondary N) is 1. The lowest BCUT2D eigenvalue weighted by Crippen LogP contribution is -2.31. The van der Waals surface area contributed by atoms with Gasteiger partial charge in [0.25, 0.3) is 0 Å². The van der Waals surface area contributed by atoms with Crippen LogP contribution in [0.25, 0.3) is 0 Å². The number of hydrogen-bond donors (Lipinski definition) is 2. The Morgan fingerprint density at radius 2 is 2.33 bits per heavy atom.